The number of rotatable bonds is 40. The van der Waals surface area contributed by atoms with Crippen molar-refractivity contribution in [3.63, 3.8) is 0 Å². The van der Waals surface area contributed by atoms with Crippen molar-refractivity contribution >= 4 is 25.7 Å². The lowest BCUT2D eigenvalue weighted by Crippen LogP contribution is -2.34. The standard InChI is InChI=1S/C47H78NO10P/c1-3-5-7-9-11-13-15-17-19-21-22-23-25-27-29-31-33-35-37-39-46(50)58-43(41-56-59(53,54)57-42-44(48)47(51)52)40-55-45(49)38-36-34-32-30-28-26-24-20-18-16-14-12-10-8-6-4-2/h5,7,11,13,17,19-20,22-24,27,29,33,35,43-44H,3-4,6,8-10,12,14-16,18,21,25-26,28,30-32,34,36-42,48H2,1-2H3,(H,51,52)(H,53,54)/b7-5-,13-11-,19-17-,23-22-,24-20-,29-27-,35-33-. The van der Waals surface area contributed by atoms with Gasteiger partial charge in [0, 0.05) is 12.8 Å². The van der Waals surface area contributed by atoms with Gasteiger partial charge in [-0.3, -0.25) is 23.4 Å². The van der Waals surface area contributed by atoms with Crippen LogP contribution in [0.2, 0.25) is 0 Å². The second-order valence-corrected chi connectivity index (χ2v) is 15.9. The van der Waals surface area contributed by atoms with Crippen LogP contribution in [-0.4, -0.2) is 59.9 Å². The van der Waals surface area contributed by atoms with Gasteiger partial charge in [0.05, 0.1) is 13.2 Å². The van der Waals surface area contributed by atoms with E-state index in [0.717, 1.165) is 70.6 Å². The van der Waals surface area contributed by atoms with Crippen LogP contribution in [0.1, 0.15) is 162 Å². The van der Waals surface area contributed by atoms with Crippen LogP contribution in [0.25, 0.3) is 0 Å². The normalized spacial score (nSPS) is 14.5. The molecule has 0 fully saturated rings. The molecule has 0 spiro atoms. The third-order valence-electron chi connectivity index (χ3n) is 8.89. The maximum absolute atomic E-state index is 12.6. The predicted octanol–water partition coefficient (Wildman–Crippen LogP) is 11.9. The maximum atomic E-state index is 12.6. The number of phosphoric ester groups is 1. The van der Waals surface area contributed by atoms with Crippen LogP contribution in [0.3, 0.4) is 0 Å². The van der Waals surface area contributed by atoms with Gasteiger partial charge in [0.25, 0.3) is 0 Å². The highest BCUT2D eigenvalue weighted by atomic mass is 31.2. The highest BCUT2D eigenvalue weighted by Gasteiger charge is 2.28. The predicted molar refractivity (Wildman–Crippen MR) is 240 cm³/mol. The summed E-state index contributed by atoms with van der Waals surface area (Å²) in [5.74, 6) is -2.51. The fraction of sp³-hybridized carbons (Fsp3) is 0.638. The van der Waals surface area contributed by atoms with Crippen LogP contribution in [-0.2, 0) is 37.5 Å². The number of carbonyl (C=O) groups excluding carboxylic acids is 2. The molecular formula is C47H78NO10P. The molecule has 0 saturated heterocycles. The molecule has 0 rings (SSSR count). The monoisotopic (exact) mass is 848 g/mol. The summed E-state index contributed by atoms with van der Waals surface area (Å²) in [6, 6.07) is -1.54. The summed E-state index contributed by atoms with van der Waals surface area (Å²) in [7, 11) is -4.74. The summed E-state index contributed by atoms with van der Waals surface area (Å²) in [4.78, 5) is 45.9. The molecule has 0 amide bonds. The minimum absolute atomic E-state index is 0.0301. The smallest absolute Gasteiger partial charge is 0.472 e. The van der Waals surface area contributed by atoms with Gasteiger partial charge in [-0.15, -0.1) is 0 Å². The zero-order chi connectivity index (χ0) is 43.5. The molecule has 0 radical (unpaired) electrons. The fourth-order valence-electron chi connectivity index (χ4n) is 5.44. The van der Waals surface area contributed by atoms with Crippen LogP contribution in [0.15, 0.2) is 85.1 Å². The Hall–Kier alpha value is -3.34. The summed E-state index contributed by atoms with van der Waals surface area (Å²) < 4.78 is 32.6. The van der Waals surface area contributed by atoms with E-state index in [1.165, 1.54) is 44.9 Å². The van der Waals surface area contributed by atoms with Crippen molar-refractivity contribution in [3.05, 3.63) is 85.1 Å². The molecule has 0 aliphatic carbocycles. The van der Waals surface area contributed by atoms with E-state index in [1.807, 2.05) is 18.2 Å². The van der Waals surface area contributed by atoms with E-state index in [4.69, 9.17) is 24.8 Å². The van der Waals surface area contributed by atoms with Crippen molar-refractivity contribution in [3.8, 4) is 0 Å². The molecular weight excluding hydrogens is 769 g/mol. The number of carboxylic acids is 1. The van der Waals surface area contributed by atoms with E-state index in [0.29, 0.717) is 19.3 Å². The maximum Gasteiger partial charge on any atom is 0.472 e. The number of aliphatic carboxylic acids is 1. The topological polar surface area (TPSA) is 172 Å². The lowest BCUT2D eigenvalue weighted by atomic mass is 10.1. The Bertz CT molecular complexity index is 1320. The first-order valence-electron chi connectivity index (χ1n) is 22.1. The number of hydrogen-bond donors (Lipinski definition) is 3. The van der Waals surface area contributed by atoms with Crippen LogP contribution in [0.5, 0.6) is 0 Å². The average molecular weight is 848 g/mol. The van der Waals surface area contributed by atoms with Crippen LogP contribution < -0.4 is 5.73 Å². The first kappa shape index (κ1) is 55.7. The minimum atomic E-state index is -4.74. The number of nitrogens with two attached hydrogens (primary N) is 1. The first-order valence-corrected chi connectivity index (χ1v) is 23.6. The van der Waals surface area contributed by atoms with Gasteiger partial charge < -0.3 is 25.2 Å². The number of hydrogen-bond acceptors (Lipinski definition) is 9. The highest BCUT2D eigenvalue weighted by Crippen LogP contribution is 2.43. The van der Waals surface area contributed by atoms with E-state index in [2.05, 4.69) is 85.2 Å². The van der Waals surface area contributed by atoms with Crippen molar-refractivity contribution in [1.29, 1.82) is 0 Å². The number of phosphoric acid groups is 1. The van der Waals surface area contributed by atoms with Crippen molar-refractivity contribution in [2.75, 3.05) is 19.8 Å². The molecule has 0 saturated carbocycles. The molecule has 0 aliphatic heterocycles. The number of ether oxygens (including phenoxy) is 2. The molecule has 3 unspecified atom stereocenters. The molecule has 0 aromatic heterocycles. The van der Waals surface area contributed by atoms with Crippen molar-refractivity contribution < 1.29 is 47.5 Å². The highest BCUT2D eigenvalue weighted by molar-refractivity contribution is 7.47. The second kappa shape index (κ2) is 41.4. The lowest BCUT2D eigenvalue weighted by molar-refractivity contribution is -0.161. The van der Waals surface area contributed by atoms with Gasteiger partial charge in [-0.05, 0) is 77.0 Å². The molecule has 0 bridgehead atoms. The van der Waals surface area contributed by atoms with Gasteiger partial charge in [-0.25, -0.2) is 4.57 Å². The van der Waals surface area contributed by atoms with Gasteiger partial charge in [-0.2, -0.15) is 0 Å². The summed E-state index contributed by atoms with van der Waals surface area (Å²) in [6.07, 6.45) is 50.9. The number of carboxylic acid groups (broad SMARTS) is 1. The molecule has 12 heteroatoms. The SMILES string of the molecule is CC/C=C\C/C=C\C/C=C\C/C=C\C/C=C\C/C=C\CCC(=O)OC(COC(=O)CCCCCCC/C=C\CCCCCCCCC)COP(=O)(O)OCC(N)C(=O)O. The van der Waals surface area contributed by atoms with E-state index >= 15 is 0 Å². The van der Waals surface area contributed by atoms with Crippen molar-refractivity contribution in [2.45, 2.75) is 174 Å². The Morgan fingerprint density at radius 3 is 1.49 bits per heavy atom. The summed E-state index contributed by atoms with van der Waals surface area (Å²) >= 11 is 0. The zero-order valence-corrected chi connectivity index (χ0v) is 37.2. The van der Waals surface area contributed by atoms with E-state index in [9.17, 15) is 23.8 Å². The van der Waals surface area contributed by atoms with Crippen LogP contribution >= 0.6 is 7.82 Å². The Morgan fingerprint density at radius 2 is 0.983 bits per heavy atom. The second-order valence-electron chi connectivity index (χ2n) is 14.4. The summed E-state index contributed by atoms with van der Waals surface area (Å²) in [5, 5.41) is 8.89. The van der Waals surface area contributed by atoms with Crippen molar-refractivity contribution in [2.24, 2.45) is 5.73 Å². The Balaban J connectivity index is 4.51. The summed E-state index contributed by atoms with van der Waals surface area (Å²) in [6.45, 7) is 2.59. The van der Waals surface area contributed by atoms with Gasteiger partial charge in [0.2, 0.25) is 0 Å². The van der Waals surface area contributed by atoms with Gasteiger partial charge in [0.15, 0.2) is 6.10 Å². The molecule has 59 heavy (non-hydrogen) atoms. The number of esters is 2. The Kier molecular flexibility index (Phi) is 39.1. The quantitative estimate of drug-likeness (QED) is 0.0232. The Labute approximate surface area is 356 Å². The van der Waals surface area contributed by atoms with Crippen molar-refractivity contribution in [1.82, 2.24) is 0 Å². The minimum Gasteiger partial charge on any atom is -0.480 e. The lowest BCUT2D eigenvalue weighted by Gasteiger charge is -2.20. The molecule has 0 aromatic rings. The van der Waals surface area contributed by atoms with E-state index in [1.54, 1.807) is 0 Å². The number of unbranched alkanes of at least 4 members (excludes halogenated alkanes) is 12. The largest absolute Gasteiger partial charge is 0.480 e. The van der Waals surface area contributed by atoms with Gasteiger partial charge in [0.1, 0.15) is 12.6 Å². The Morgan fingerprint density at radius 1 is 0.542 bits per heavy atom. The van der Waals surface area contributed by atoms with Crippen LogP contribution in [0.4, 0.5) is 0 Å². The van der Waals surface area contributed by atoms with Crippen LogP contribution in [0, 0.1) is 0 Å². The zero-order valence-electron chi connectivity index (χ0n) is 36.3. The molecule has 0 aliphatic rings. The third kappa shape index (κ3) is 41.2. The average Bonchev–Trinajstić information content (AvgIpc) is 3.21. The number of carbonyl (C=O) groups is 3. The van der Waals surface area contributed by atoms with E-state index < -0.39 is 51.1 Å². The molecule has 11 nitrogen and oxygen atoms in total. The molecule has 336 valence electrons. The summed E-state index contributed by atoms with van der Waals surface area (Å²) in [5.41, 5.74) is 5.33. The van der Waals surface area contributed by atoms with Gasteiger partial charge in [-0.1, -0.05) is 157 Å². The number of allylic oxidation sites excluding steroid dienone is 14. The third-order valence-corrected chi connectivity index (χ3v) is 9.84. The molecule has 0 aromatic carbocycles. The van der Waals surface area contributed by atoms with E-state index in [-0.39, 0.29) is 19.4 Å². The molecule has 3 atom stereocenters. The van der Waals surface area contributed by atoms with Gasteiger partial charge >= 0.3 is 25.7 Å². The fourth-order valence-corrected chi connectivity index (χ4v) is 6.22. The molecule has 0 heterocycles. The first-order chi connectivity index (χ1) is 28.6. The molecule has 4 N–H and O–H groups in total.